The van der Waals surface area contributed by atoms with Crippen molar-refractivity contribution in [3.05, 3.63) is 69.2 Å². The number of hydrogen-bond donors (Lipinski definition) is 0. The number of halogens is 1. The molecule has 0 aliphatic heterocycles. The molecule has 5 nitrogen and oxygen atoms in total. The van der Waals surface area contributed by atoms with Crippen LogP contribution < -0.4 is 0 Å². The van der Waals surface area contributed by atoms with Crippen LogP contribution in [0.15, 0.2) is 53.4 Å². The molecule has 0 aromatic heterocycles. The predicted octanol–water partition coefficient (Wildman–Crippen LogP) is 3.78. The van der Waals surface area contributed by atoms with Gasteiger partial charge in [0.25, 0.3) is 5.69 Å². The van der Waals surface area contributed by atoms with Crippen LogP contribution in [0.5, 0.6) is 0 Å². The van der Waals surface area contributed by atoms with E-state index < -0.39 is 20.0 Å². The van der Waals surface area contributed by atoms with Crippen molar-refractivity contribution in [2.45, 2.75) is 17.1 Å². The summed E-state index contributed by atoms with van der Waals surface area (Å²) < 4.78 is 25.0. The first-order chi connectivity index (χ1) is 9.84. The van der Waals surface area contributed by atoms with Gasteiger partial charge in [0.05, 0.1) is 20.1 Å². The standard InChI is InChI=1S/C14H12ClNO4S/c1-10(21(19,20)12-5-3-2-4-6-12)13-8-7-11(16(17)18)9-14(13)15/h2-10H,1H3/t10-/m1/s1. The lowest BCUT2D eigenvalue weighted by molar-refractivity contribution is -0.384. The van der Waals surface area contributed by atoms with Crippen LogP contribution in [0, 0.1) is 10.1 Å². The monoisotopic (exact) mass is 325 g/mol. The summed E-state index contributed by atoms with van der Waals surface area (Å²) in [6.07, 6.45) is 0. The Morgan fingerprint density at radius 1 is 1.14 bits per heavy atom. The van der Waals surface area contributed by atoms with Crippen LogP contribution in [0.3, 0.4) is 0 Å². The second-order valence-electron chi connectivity index (χ2n) is 4.46. The second-order valence-corrected chi connectivity index (χ2v) is 7.14. The second kappa shape index (κ2) is 5.83. The van der Waals surface area contributed by atoms with E-state index in [-0.39, 0.29) is 15.6 Å². The molecule has 2 aromatic rings. The summed E-state index contributed by atoms with van der Waals surface area (Å²) in [4.78, 5) is 10.3. The summed E-state index contributed by atoms with van der Waals surface area (Å²) in [5.41, 5.74) is 0.166. The van der Waals surface area contributed by atoms with E-state index in [1.54, 1.807) is 18.2 Å². The Labute approximate surface area is 127 Å². The molecule has 21 heavy (non-hydrogen) atoms. The number of nitrogens with zero attached hydrogens (tertiary/aromatic N) is 1. The smallest absolute Gasteiger partial charge is 0.258 e. The van der Waals surface area contributed by atoms with Crippen molar-refractivity contribution < 1.29 is 13.3 Å². The van der Waals surface area contributed by atoms with Gasteiger partial charge in [0.1, 0.15) is 0 Å². The van der Waals surface area contributed by atoms with Gasteiger partial charge in [0.2, 0.25) is 0 Å². The fourth-order valence-corrected chi connectivity index (χ4v) is 3.83. The maximum absolute atomic E-state index is 12.5. The Hall–Kier alpha value is -1.92. The van der Waals surface area contributed by atoms with Crippen molar-refractivity contribution in [2.24, 2.45) is 0 Å². The van der Waals surface area contributed by atoms with Gasteiger partial charge in [0.15, 0.2) is 9.84 Å². The average molecular weight is 326 g/mol. The van der Waals surface area contributed by atoms with Gasteiger partial charge < -0.3 is 0 Å². The van der Waals surface area contributed by atoms with Crippen LogP contribution in [-0.2, 0) is 9.84 Å². The van der Waals surface area contributed by atoms with E-state index in [0.717, 1.165) is 6.07 Å². The van der Waals surface area contributed by atoms with Crippen LogP contribution in [0.1, 0.15) is 17.7 Å². The Morgan fingerprint density at radius 3 is 2.29 bits per heavy atom. The summed E-state index contributed by atoms with van der Waals surface area (Å²) in [7, 11) is -3.60. The van der Waals surface area contributed by atoms with Crippen molar-refractivity contribution in [2.75, 3.05) is 0 Å². The van der Waals surface area contributed by atoms with Crippen molar-refractivity contribution >= 4 is 27.1 Å². The lowest BCUT2D eigenvalue weighted by atomic mass is 10.1. The fourth-order valence-electron chi connectivity index (χ4n) is 1.94. The molecule has 1 atom stereocenters. The quantitative estimate of drug-likeness (QED) is 0.633. The highest BCUT2D eigenvalue weighted by Crippen LogP contribution is 2.34. The Bertz CT molecular complexity index is 775. The van der Waals surface area contributed by atoms with Crippen molar-refractivity contribution in [1.29, 1.82) is 0 Å². The molecular weight excluding hydrogens is 314 g/mol. The lowest BCUT2D eigenvalue weighted by Crippen LogP contribution is -2.11. The van der Waals surface area contributed by atoms with Crippen LogP contribution in [0.25, 0.3) is 0 Å². The Kier molecular flexibility index (Phi) is 4.29. The van der Waals surface area contributed by atoms with E-state index >= 15 is 0 Å². The minimum atomic E-state index is -3.60. The first kappa shape index (κ1) is 15.5. The molecule has 0 aliphatic rings. The van der Waals surface area contributed by atoms with Gasteiger partial charge in [0, 0.05) is 12.1 Å². The van der Waals surface area contributed by atoms with Crippen LogP contribution in [0.4, 0.5) is 5.69 Å². The fraction of sp³-hybridized carbons (Fsp3) is 0.143. The largest absolute Gasteiger partial charge is 0.270 e. The summed E-state index contributed by atoms with van der Waals surface area (Å²) in [5, 5.41) is 9.85. The first-order valence-electron chi connectivity index (χ1n) is 6.07. The molecule has 0 spiro atoms. The molecule has 0 saturated heterocycles. The highest BCUT2D eigenvalue weighted by molar-refractivity contribution is 7.91. The van der Waals surface area contributed by atoms with Gasteiger partial charge in [-0.15, -0.1) is 0 Å². The summed E-state index contributed by atoms with van der Waals surface area (Å²) >= 11 is 5.99. The molecule has 0 N–H and O–H groups in total. The Balaban J connectivity index is 2.45. The SMILES string of the molecule is C[C@H](c1ccc([N+](=O)[O-])cc1Cl)S(=O)(=O)c1ccccc1. The molecule has 0 saturated carbocycles. The van der Waals surface area contributed by atoms with Crippen molar-refractivity contribution in [1.82, 2.24) is 0 Å². The number of nitro groups is 1. The maximum atomic E-state index is 12.5. The molecule has 0 amide bonds. The minimum Gasteiger partial charge on any atom is -0.258 e. The molecular formula is C14H12ClNO4S. The molecule has 0 unspecified atom stereocenters. The summed E-state index contributed by atoms with van der Waals surface area (Å²) in [5.74, 6) is 0. The first-order valence-corrected chi connectivity index (χ1v) is 7.99. The molecule has 0 heterocycles. The number of sulfone groups is 1. The van der Waals surface area contributed by atoms with Crippen LogP contribution in [-0.4, -0.2) is 13.3 Å². The average Bonchev–Trinajstić information content (AvgIpc) is 2.47. The summed E-state index contributed by atoms with van der Waals surface area (Å²) in [6, 6.07) is 11.8. The minimum absolute atomic E-state index is 0.0659. The van der Waals surface area contributed by atoms with E-state index in [0.29, 0.717) is 5.56 Å². The third kappa shape index (κ3) is 3.06. The zero-order valence-electron chi connectivity index (χ0n) is 11.1. The number of rotatable bonds is 4. The number of non-ortho nitro benzene ring substituents is 1. The highest BCUT2D eigenvalue weighted by atomic mass is 35.5. The molecule has 2 aromatic carbocycles. The van der Waals surface area contributed by atoms with Crippen LogP contribution in [0.2, 0.25) is 5.02 Å². The third-order valence-electron chi connectivity index (χ3n) is 3.17. The van der Waals surface area contributed by atoms with E-state index in [4.69, 9.17) is 11.6 Å². The van der Waals surface area contributed by atoms with Gasteiger partial charge in [-0.3, -0.25) is 10.1 Å². The van der Waals surface area contributed by atoms with E-state index in [1.165, 1.54) is 31.2 Å². The highest BCUT2D eigenvalue weighted by Gasteiger charge is 2.27. The number of hydrogen-bond acceptors (Lipinski definition) is 4. The molecule has 0 aliphatic carbocycles. The van der Waals surface area contributed by atoms with E-state index in [2.05, 4.69) is 0 Å². The molecule has 7 heteroatoms. The normalized spacial score (nSPS) is 12.9. The lowest BCUT2D eigenvalue weighted by Gasteiger charge is -2.14. The zero-order valence-corrected chi connectivity index (χ0v) is 12.6. The number of benzene rings is 2. The van der Waals surface area contributed by atoms with Crippen LogP contribution >= 0.6 is 11.6 Å². The van der Waals surface area contributed by atoms with Gasteiger partial charge >= 0.3 is 0 Å². The molecule has 0 fully saturated rings. The maximum Gasteiger partial charge on any atom is 0.270 e. The number of nitro benzene ring substituents is 1. The third-order valence-corrected chi connectivity index (χ3v) is 5.61. The summed E-state index contributed by atoms with van der Waals surface area (Å²) in [6.45, 7) is 1.51. The van der Waals surface area contributed by atoms with E-state index in [9.17, 15) is 18.5 Å². The molecule has 0 radical (unpaired) electrons. The van der Waals surface area contributed by atoms with Crippen molar-refractivity contribution in [3.63, 3.8) is 0 Å². The van der Waals surface area contributed by atoms with E-state index in [1.807, 2.05) is 0 Å². The van der Waals surface area contributed by atoms with Gasteiger partial charge in [-0.05, 0) is 30.7 Å². The molecule has 110 valence electrons. The zero-order chi connectivity index (χ0) is 15.6. The Morgan fingerprint density at radius 2 is 1.76 bits per heavy atom. The van der Waals surface area contributed by atoms with Gasteiger partial charge in [-0.25, -0.2) is 8.42 Å². The molecule has 2 rings (SSSR count). The topological polar surface area (TPSA) is 77.3 Å². The van der Waals surface area contributed by atoms with Gasteiger partial charge in [-0.1, -0.05) is 29.8 Å². The van der Waals surface area contributed by atoms with Gasteiger partial charge in [-0.2, -0.15) is 0 Å². The predicted molar refractivity (Wildman–Crippen MR) is 80.1 cm³/mol. The van der Waals surface area contributed by atoms with Crippen molar-refractivity contribution in [3.8, 4) is 0 Å². The molecule has 0 bridgehead atoms.